The Morgan fingerprint density at radius 3 is 2.00 bits per heavy atom. The van der Waals surface area contributed by atoms with Crippen molar-refractivity contribution in [3.63, 3.8) is 0 Å². The number of thiophene rings is 2. The zero-order valence-corrected chi connectivity index (χ0v) is 25.1. The number of hydrogen-bond acceptors (Lipinski definition) is 4. The summed E-state index contributed by atoms with van der Waals surface area (Å²) in [5.41, 5.74) is 5.36. The van der Waals surface area contributed by atoms with E-state index in [0.29, 0.717) is 0 Å². The van der Waals surface area contributed by atoms with E-state index in [-0.39, 0.29) is 0 Å². The second-order valence-electron chi connectivity index (χ2n) is 11.3. The van der Waals surface area contributed by atoms with Crippen LogP contribution >= 0.6 is 22.7 Å². The minimum Gasteiger partial charge on any atom is -0.455 e. The predicted molar refractivity (Wildman–Crippen MR) is 192 cm³/mol. The SMILES string of the molecule is c1ccc2cc(N(c3cc4c5ccccc5oc4c4c3sc3ccccc34)c3cccc4sc5ccccc5c34)ccc2c1. The number of furan rings is 1. The Bertz CT molecular complexity index is 2750. The fraction of sp³-hybridized carbons (Fsp3) is 0. The highest BCUT2D eigenvalue weighted by molar-refractivity contribution is 7.26. The lowest BCUT2D eigenvalue weighted by Crippen LogP contribution is -2.10. The molecule has 10 rings (SSSR count). The molecule has 44 heavy (non-hydrogen) atoms. The molecule has 0 N–H and O–H groups in total. The van der Waals surface area contributed by atoms with Crippen LogP contribution in [0, 0.1) is 0 Å². The number of rotatable bonds is 3. The fourth-order valence-corrected chi connectivity index (χ4v) is 9.21. The van der Waals surface area contributed by atoms with Gasteiger partial charge in [-0.25, -0.2) is 0 Å². The Morgan fingerprint density at radius 1 is 0.455 bits per heavy atom. The molecule has 4 heteroatoms. The number of anilines is 3. The first-order valence-corrected chi connectivity index (χ1v) is 16.4. The standard InChI is InChI=1S/C40H23NOS2/c1-2-11-25-22-26(21-20-24(25)10-1)41(31-15-9-19-36-37(31)28-13-4-7-17-34(28)43-36)32-23-30-27-12-3-6-16-33(27)42-39(30)38-29-14-5-8-18-35(29)44-40(32)38/h1-23H. The Hall–Kier alpha value is -5.16. The van der Waals surface area contributed by atoms with Crippen molar-refractivity contribution in [2.24, 2.45) is 0 Å². The van der Waals surface area contributed by atoms with E-state index in [2.05, 4.69) is 144 Å². The molecule has 2 nitrogen and oxygen atoms in total. The minimum atomic E-state index is 0.916. The van der Waals surface area contributed by atoms with Crippen LogP contribution < -0.4 is 4.90 Å². The van der Waals surface area contributed by atoms with Crippen LogP contribution in [0.2, 0.25) is 0 Å². The molecule has 0 amide bonds. The molecular weight excluding hydrogens is 575 g/mol. The van der Waals surface area contributed by atoms with Gasteiger partial charge in [-0.05, 0) is 59.3 Å². The van der Waals surface area contributed by atoms with Gasteiger partial charge in [0, 0.05) is 52.1 Å². The van der Waals surface area contributed by atoms with E-state index < -0.39 is 0 Å². The highest BCUT2D eigenvalue weighted by Crippen LogP contribution is 2.52. The second-order valence-corrected chi connectivity index (χ2v) is 13.4. The Morgan fingerprint density at radius 2 is 1.14 bits per heavy atom. The van der Waals surface area contributed by atoms with Crippen LogP contribution in [0.25, 0.3) is 73.1 Å². The molecule has 0 fully saturated rings. The largest absolute Gasteiger partial charge is 0.455 e. The van der Waals surface area contributed by atoms with Crippen LogP contribution in [0.5, 0.6) is 0 Å². The molecule has 0 unspecified atom stereocenters. The fourth-order valence-electron chi connectivity index (χ4n) is 6.88. The molecule has 0 aliphatic heterocycles. The van der Waals surface area contributed by atoms with Crippen LogP contribution in [-0.2, 0) is 0 Å². The first-order valence-electron chi connectivity index (χ1n) is 14.8. The maximum absolute atomic E-state index is 6.64. The highest BCUT2D eigenvalue weighted by Gasteiger charge is 2.25. The van der Waals surface area contributed by atoms with Gasteiger partial charge in [0.1, 0.15) is 11.2 Å². The third-order valence-electron chi connectivity index (χ3n) is 8.82. The summed E-state index contributed by atoms with van der Waals surface area (Å²) in [5.74, 6) is 0. The maximum atomic E-state index is 6.64. The van der Waals surface area contributed by atoms with Crippen molar-refractivity contribution in [2.75, 3.05) is 4.90 Å². The number of hydrogen-bond donors (Lipinski definition) is 0. The summed E-state index contributed by atoms with van der Waals surface area (Å²) < 4.78 is 11.7. The van der Waals surface area contributed by atoms with Crippen molar-refractivity contribution in [1.29, 1.82) is 0 Å². The number of para-hydroxylation sites is 1. The van der Waals surface area contributed by atoms with E-state index in [4.69, 9.17) is 4.42 Å². The molecule has 0 aliphatic rings. The first kappa shape index (κ1) is 24.3. The summed E-state index contributed by atoms with van der Waals surface area (Å²) in [6.45, 7) is 0. The van der Waals surface area contributed by atoms with Crippen molar-refractivity contribution >= 4 is 113 Å². The molecule has 10 aromatic rings. The van der Waals surface area contributed by atoms with Crippen LogP contribution in [0.4, 0.5) is 17.1 Å². The third kappa shape index (κ3) is 3.41. The number of benzene rings is 7. The second kappa shape index (κ2) is 9.17. The lowest BCUT2D eigenvalue weighted by molar-refractivity contribution is 0.673. The summed E-state index contributed by atoms with van der Waals surface area (Å²) in [5, 5.41) is 9.72. The van der Waals surface area contributed by atoms with Gasteiger partial charge in [-0.1, -0.05) is 91.0 Å². The molecule has 3 aromatic heterocycles. The van der Waals surface area contributed by atoms with Gasteiger partial charge in [0.05, 0.1) is 16.1 Å². The molecule has 3 heterocycles. The monoisotopic (exact) mass is 597 g/mol. The Balaban J connectivity index is 1.40. The smallest absolute Gasteiger partial charge is 0.144 e. The van der Waals surface area contributed by atoms with Crippen LogP contribution in [0.15, 0.2) is 144 Å². The molecule has 0 saturated carbocycles. The van der Waals surface area contributed by atoms with E-state index >= 15 is 0 Å². The van der Waals surface area contributed by atoms with Crippen LogP contribution in [0.3, 0.4) is 0 Å². The van der Waals surface area contributed by atoms with Crippen molar-refractivity contribution in [2.45, 2.75) is 0 Å². The normalized spacial score (nSPS) is 12.1. The van der Waals surface area contributed by atoms with Gasteiger partial charge >= 0.3 is 0 Å². The minimum absolute atomic E-state index is 0.916. The van der Waals surface area contributed by atoms with Gasteiger partial charge in [0.2, 0.25) is 0 Å². The van der Waals surface area contributed by atoms with E-state index in [0.717, 1.165) is 27.6 Å². The van der Waals surface area contributed by atoms with E-state index in [1.807, 2.05) is 22.7 Å². The van der Waals surface area contributed by atoms with Crippen molar-refractivity contribution in [3.8, 4) is 0 Å². The van der Waals surface area contributed by atoms with Gasteiger partial charge in [0.25, 0.3) is 0 Å². The summed E-state index contributed by atoms with van der Waals surface area (Å²) in [6.07, 6.45) is 0. The quantitative estimate of drug-likeness (QED) is 0.201. The Kier molecular flexibility index (Phi) is 5.06. The van der Waals surface area contributed by atoms with Gasteiger partial charge in [-0.3, -0.25) is 0 Å². The van der Waals surface area contributed by atoms with E-state index in [1.165, 1.54) is 62.5 Å². The summed E-state index contributed by atoms with van der Waals surface area (Å²) in [4.78, 5) is 2.49. The lowest BCUT2D eigenvalue weighted by Gasteiger charge is -2.27. The predicted octanol–water partition coefficient (Wildman–Crippen LogP) is 12.9. The van der Waals surface area contributed by atoms with Crippen molar-refractivity contribution < 1.29 is 4.42 Å². The average Bonchev–Trinajstić information content (AvgIpc) is 3.76. The molecule has 7 aromatic carbocycles. The molecule has 0 saturated heterocycles. The summed E-state index contributed by atoms with van der Waals surface area (Å²) >= 11 is 3.71. The average molecular weight is 598 g/mol. The van der Waals surface area contributed by atoms with Gasteiger partial charge < -0.3 is 9.32 Å². The van der Waals surface area contributed by atoms with Crippen molar-refractivity contribution in [3.05, 3.63) is 140 Å². The Labute approximate surface area is 260 Å². The lowest BCUT2D eigenvalue weighted by atomic mass is 10.0. The molecule has 0 spiro atoms. The van der Waals surface area contributed by atoms with Gasteiger partial charge in [0.15, 0.2) is 0 Å². The molecule has 0 radical (unpaired) electrons. The first-order chi connectivity index (χ1) is 21.8. The van der Waals surface area contributed by atoms with Gasteiger partial charge in [-0.15, -0.1) is 22.7 Å². The maximum Gasteiger partial charge on any atom is 0.144 e. The molecule has 206 valence electrons. The summed E-state index contributed by atoms with van der Waals surface area (Å²) in [7, 11) is 0. The van der Waals surface area contributed by atoms with E-state index in [9.17, 15) is 0 Å². The number of fused-ring (bicyclic) bond motifs is 11. The van der Waals surface area contributed by atoms with Crippen LogP contribution in [0.1, 0.15) is 0 Å². The van der Waals surface area contributed by atoms with Crippen molar-refractivity contribution in [1.82, 2.24) is 0 Å². The topological polar surface area (TPSA) is 16.4 Å². The van der Waals surface area contributed by atoms with Crippen LogP contribution in [-0.4, -0.2) is 0 Å². The third-order valence-corrected chi connectivity index (χ3v) is 11.2. The van der Waals surface area contributed by atoms with E-state index in [1.54, 1.807) is 0 Å². The summed E-state index contributed by atoms with van der Waals surface area (Å²) in [6, 6.07) is 50.5. The zero-order valence-electron chi connectivity index (χ0n) is 23.5. The molecular formula is C40H23NOS2. The zero-order chi connectivity index (χ0) is 28.8. The molecule has 0 aliphatic carbocycles. The highest BCUT2D eigenvalue weighted by atomic mass is 32.1. The number of nitrogens with zero attached hydrogens (tertiary/aromatic N) is 1. The molecule has 0 atom stereocenters. The van der Waals surface area contributed by atoms with Gasteiger partial charge in [-0.2, -0.15) is 0 Å². The molecule has 0 bridgehead atoms.